The van der Waals surface area contributed by atoms with E-state index in [4.69, 9.17) is 14.9 Å². The van der Waals surface area contributed by atoms with Crippen molar-refractivity contribution in [2.24, 2.45) is 11.7 Å². The van der Waals surface area contributed by atoms with E-state index in [0.29, 0.717) is 24.2 Å². The van der Waals surface area contributed by atoms with Crippen LogP contribution in [0.2, 0.25) is 0 Å². The topological polar surface area (TPSA) is 74.2 Å². The van der Waals surface area contributed by atoms with E-state index in [2.05, 4.69) is 10.2 Å². The molecule has 0 amide bonds. The van der Waals surface area contributed by atoms with Gasteiger partial charge in [-0.05, 0) is 13.0 Å². The van der Waals surface area contributed by atoms with E-state index < -0.39 is 0 Å². The lowest BCUT2D eigenvalue weighted by atomic mass is 10.0. The van der Waals surface area contributed by atoms with Crippen LogP contribution in [0.1, 0.15) is 31.2 Å². The molecule has 1 aliphatic rings. The second-order valence-corrected chi connectivity index (χ2v) is 3.46. The summed E-state index contributed by atoms with van der Waals surface area (Å²) in [7, 11) is 0. The maximum Gasteiger partial charge on any atom is 0.245 e. The van der Waals surface area contributed by atoms with Gasteiger partial charge in [-0.25, -0.2) is 0 Å². The highest BCUT2D eigenvalue weighted by molar-refractivity contribution is 4.93. The summed E-state index contributed by atoms with van der Waals surface area (Å²) in [5.74, 6) is 1.56. The van der Waals surface area contributed by atoms with Crippen molar-refractivity contribution >= 4 is 0 Å². The van der Waals surface area contributed by atoms with Gasteiger partial charge in [-0.15, -0.1) is 10.2 Å². The third-order valence-electron chi connectivity index (χ3n) is 2.55. The van der Waals surface area contributed by atoms with Gasteiger partial charge >= 0.3 is 0 Å². The van der Waals surface area contributed by atoms with Crippen LogP contribution >= 0.6 is 0 Å². The van der Waals surface area contributed by atoms with Crippen LogP contribution < -0.4 is 5.73 Å². The summed E-state index contributed by atoms with van der Waals surface area (Å²) < 4.78 is 11.0. The van der Waals surface area contributed by atoms with Gasteiger partial charge in [0.1, 0.15) is 6.10 Å². The zero-order valence-corrected chi connectivity index (χ0v) is 8.27. The van der Waals surface area contributed by atoms with Crippen molar-refractivity contribution < 1.29 is 9.15 Å². The fraction of sp³-hybridized carbons (Fsp3) is 0.778. The lowest BCUT2D eigenvalue weighted by Gasteiger charge is -2.11. The Hall–Kier alpha value is -0.940. The van der Waals surface area contributed by atoms with Gasteiger partial charge in [0.2, 0.25) is 11.8 Å². The van der Waals surface area contributed by atoms with Crippen LogP contribution in [0.4, 0.5) is 0 Å². The van der Waals surface area contributed by atoms with Crippen molar-refractivity contribution in [2.75, 3.05) is 13.2 Å². The van der Waals surface area contributed by atoms with Crippen molar-refractivity contribution in [3.63, 3.8) is 0 Å². The third kappa shape index (κ3) is 1.65. The molecule has 2 atom stereocenters. The van der Waals surface area contributed by atoms with Crippen molar-refractivity contribution in [2.45, 2.75) is 25.9 Å². The highest BCUT2D eigenvalue weighted by Gasteiger charge is 2.32. The molecule has 1 fully saturated rings. The first kappa shape index (κ1) is 9.61. The Morgan fingerprint density at radius 2 is 2.36 bits per heavy atom. The first-order chi connectivity index (χ1) is 6.85. The Morgan fingerprint density at radius 3 is 3.00 bits per heavy atom. The molecule has 1 saturated heterocycles. The predicted molar refractivity (Wildman–Crippen MR) is 49.5 cm³/mol. The zero-order valence-electron chi connectivity index (χ0n) is 8.27. The van der Waals surface area contributed by atoms with Crippen LogP contribution in [-0.2, 0) is 11.2 Å². The summed E-state index contributed by atoms with van der Waals surface area (Å²) in [6.07, 6.45) is 1.64. The number of nitrogens with two attached hydrogens (primary N) is 1. The van der Waals surface area contributed by atoms with Gasteiger partial charge in [-0.3, -0.25) is 0 Å². The summed E-state index contributed by atoms with van der Waals surface area (Å²) in [5.41, 5.74) is 5.63. The molecular formula is C9H15N3O2. The van der Waals surface area contributed by atoms with Crippen LogP contribution in [0, 0.1) is 5.92 Å². The van der Waals surface area contributed by atoms with Crippen molar-refractivity contribution in [3.8, 4) is 0 Å². The van der Waals surface area contributed by atoms with Gasteiger partial charge in [0.15, 0.2) is 0 Å². The highest BCUT2D eigenvalue weighted by atomic mass is 16.5. The number of ether oxygens (including phenoxy) is 1. The number of hydrogen-bond acceptors (Lipinski definition) is 5. The molecule has 0 unspecified atom stereocenters. The minimum atomic E-state index is -0.0900. The molecule has 5 heteroatoms. The van der Waals surface area contributed by atoms with Gasteiger partial charge in [0.25, 0.3) is 0 Å². The fourth-order valence-corrected chi connectivity index (χ4v) is 1.67. The SMILES string of the molecule is CCc1nnc([C@H]2OCC[C@H]2CN)o1. The lowest BCUT2D eigenvalue weighted by molar-refractivity contribution is 0.0685. The molecule has 0 spiro atoms. The molecule has 1 aromatic heterocycles. The summed E-state index contributed by atoms with van der Waals surface area (Å²) in [4.78, 5) is 0. The molecule has 0 aromatic carbocycles. The first-order valence-corrected chi connectivity index (χ1v) is 4.99. The highest BCUT2D eigenvalue weighted by Crippen LogP contribution is 2.32. The van der Waals surface area contributed by atoms with E-state index in [0.717, 1.165) is 19.4 Å². The first-order valence-electron chi connectivity index (χ1n) is 4.99. The Labute approximate surface area is 82.6 Å². The van der Waals surface area contributed by atoms with E-state index in [1.165, 1.54) is 0 Å². The van der Waals surface area contributed by atoms with Crippen LogP contribution in [0.5, 0.6) is 0 Å². The van der Waals surface area contributed by atoms with Crippen LogP contribution in [-0.4, -0.2) is 23.3 Å². The second kappa shape index (κ2) is 4.06. The molecular weight excluding hydrogens is 182 g/mol. The molecule has 0 saturated carbocycles. The van der Waals surface area contributed by atoms with E-state index in [9.17, 15) is 0 Å². The number of nitrogens with zero attached hydrogens (tertiary/aromatic N) is 2. The van der Waals surface area contributed by atoms with Crippen LogP contribution in [0.15, 0.2) is 4.42 Å². The number of rotatable bonds is 3. The maximum absolute atomic E-state index is 5.63. The summed E-state index contributed by atoms with van der Waals surface area (Å²) in [6, 6.07) is 0. The molecule has 1 aromatic rings. The van der Waals surface area contributed by atoms with Crippen LogP contribution in [0.25, 0.3) is 0 Å². The Morgan fingerprint density at radius 1 is 1.50 bits per heavy atom. The molecule has 0 aliphatic carbocycles. The van der Waals surface area contributed by atoms with E-state index in [1.807, 2.05) is 6.92 Å². The molecule has 0 radical (unpaired) electrons. The van der Waals surface area contributed by atoms with Gasteiger partial charge in [-0.1, -0.05) is 6.92 Å². The van der Waals surface area contributed by atoms with Gasteiger partial charge < -0.3 is 14.9 Å². The fourth-order valence-electron chi connectivity index (χ4n) is 1.67. The Balaban J connectivity index is 2.13. The van der Waals surface area contributed by atoms with E-state index in [-0.39, 0.29) is 6.10 Å². The third-order valence-corrected chi connectivity index (χ3v) is 2.55. The monoisotopic (exact) mass is 197 g/mol. The average molecular weight is 197 g/mol. The Kier molecular flexibility index (Phi) is 2.79. The van der Waals surface area contributed by atoms with Crippen molar-refractivity contribution in [1.82, 2.24) is 10.2 Å². The molecule has 14 heavy (non-hydrogen) atoms. The maximum atomic E-state index is 5.63. The summed E-state index contributed by atoms with van der Waals surface area (Å²) in [6.45, 7) is 3.32. The molecule has 2 rings (SSSR count). The van der Waals surface area contributed by atoms with E-state index >= 15 is 0 Å². The minimum Gasteiger partial charge on any atom is -0.422 e. The van der Waals surface area contributed by atoms with Crippen molar-refractivity contribution in [3.05, 3.63) is 11.8 Å². The lowest BCUT2D eigenvalue weighted by Crippen LogP contribution is -2.18. The number of aromatic nitrogens is 2. The number of aryl methyl sites for hydroxylation is 1. The largest absolute Gasteiger partial charge is 0.422 e. The zero-order chi connectivity index (χ0) is 9.97. The van der Waals surface area contributed by atoms with E-state index in [1.54, 1.807) is 0 Å². The predicted octanol–water partition coefficient (Wildman–Crippen LogP) is 0.668. The number of hydrogen-bond donors (Lipinski definition) is 1. The summed E-state index contributed by atoms with van der Waals surface area (Å²) >= 11 is 0. The Bertz CT molecular complexity index is 300. The van der Waals surface area contributed by atoms with Gasteiger partial charge in [0, 0.05) is 18.9 Å². The molecule has 2 heterocycles. The molecule has 2 N–H and O–H groups in total. The van der Waals surface area contributed by atoms with Gasteiger partial charge in [-0.2, -0.15) is 0 Å². The minimum absolute atomic E-state index is 0.0900. The second-order valence-electron chi connectivity index (χ2n) is 3.46. The molecule has 78 valence electrons. The molecule has 1 aliphatic heterocycles. The quantitative estimate of drug-likeness (QED) is 0.770. The molecule has 0 bridgehead atoms. The normalized spacial score (nSPS) is 27.0. The molecule has 5 nitrogen and oxygen atoms in total. The van der Waals surface area contributed by atoms with Gasteiger partial charge in [0.05, 0.1) is 0 Å². The standard InChI is InChI=1S/C9H15N3O2/c1-2-7-11-12-9(14-7)8-6(5-10)3-4-13-8/h6,8H,2-5,10H2,1H3/t6-,8-/m0/s1. The summed E-state index contributed by atoms with van der Waals surface area (Å²) in [5, 5.41) is 7.88. The smallest absolute Gasteiger partial charge is 0.245 e. The van der Waals surface area contributed by atoms with Crippen molar-refractivity contribution in [1.29, 1.82) is 0 Å². The van der Waals surface area contributed by atoms with Crippen LogP contribution in [0.3, 0.4) is 0 Å². The average Bonchev–Trinajstić information content (AvgIpc) is 2.85.